The Morgan fingerprint density at radius 2 is 2.00 bits per heavy atom. The maximum Gasteiger partial charge on any atom is 0.408 e. The average Bonchev–Trinajstić information content (AvgIpc) is 2.29. The summed E-state index contributed by atoms with van der Waals surface area (Å²) in [7, 11) is 1.38. The average molecular weight is 348 g/mol. The lowest BCUT2D eigenvalue weighted by Gasteiger charge is -2.23. The highest BCUT2D eigenvalue weighted by molar-refractivity contribution is 9.10. The largest absolute Gasteiger partial charge is 0.493 e. The quantitative estimate of drug-likeness (QED) is 0.891. The molecule has 0 aliphatic rings. The normalized spacial score (nSPS) is 12.8. The Morgan fingerprint density at radius 1 is 1.40 bits per heavy atom. The van der Waals surface area contributed by atoms with Crippen LogP contribution in [0.5, 0.6) is 5.75 Å². The summed E-state index contributed by atoms with van der Waals surface area (Å²) in [6, 6.07) is 2.82. The molecule has 112 valence electrons. The molecule has 0 saturated carbocycles. The van der Waals surface area contributed by atoms with Gasteiger partial charge in [-0.2, -0.15) is 0 Å². The molecule has 0 radical (unpaired) electrons. The SMILES string of the molecule is COc1c(C(C)NC(=O)OC(C)(C)C)ccc(Br)c1F. The monoisotopic (exact) mass is 347 g/mol. The molecule has 0 aliphatic heterocycles. The summed E-state index contributed by atoms with van der Waals surface area (Å²) in [5, 5.41) is 2.65. The Bertz CT molecular complexity index is 500. The van der Waals surface area contributed by atoms with Crippen LogP contribution in [0.1, 0.15) is 39.3 Å². The van der Waals surface area contributed by atoms with Crippen LogP contribution in [-0.4, -0.2) is 18.8 Å². The first-order valence-electron chi connectivity index (χ1n) is 6.17. The standard InChI is InChI=1S/C14H19BrFNO3/c1-8(17-13(18)20-14(2,3)4)9-6-7-10(15)11(16)12(9)19-5/h6-8H,1-5H3,(H,17,18). The van der Waals surface area contributed by atoms with E-state index in [1.54, 1.807) is 39.8 Å². The molecule has 6 heteroatoms. The van der Waals surface area contributed by atoms with Gasteiger partial charge in [0.05, 0.1) is 17.6 Å². The van der Waals surface area contributed by atoms with Crippen LogP contribution in [0.15, 0.2) is 16.6 Å². The summed E-state index contributed by atoms with van der Waals surface area (Å²) in [6.45, 7) is 7.06. The second-order valence-corrected chi connectivity index (χ2v) is 6.21. The maximum atomic E-state index is 13.9. The fourth-order valence-electron chi connectivity index (χ4n) is 1.66. The van der Waals surface area contributed by atoms with Crippen molar-refractivity contribution in [1.82, 2.24) is 5.32 Å². The molecule has 1 unspecified atom stereocenters. The first kappa shape index (κ1) is 16.8. The number of alkyl carbamates (subject to hydrolysis) is 1. The van der Waals surface area contributed by atoms with Gasteiger partial charge in [0.1, 0.15) is 5.60 Å². The maximum absolute atomic E-state index is 13.9. The molecule has 0 bridgehead atoms. The van der Waals surface area contributed by atoms with Gasteiger partial charge in [0.2, 0.25) is 0 Å². The van der Waals surface area contributed by atoms with E-state index in [0.717, 1.165) is 0 Å². The third kappa shape index (κ3) is 4.37. The summed E-state index contributed by atoms with van der Waals surface area (Å²) in [6.07, 6.45) is -0.560. The fraction of sp³-hybridized carbons (Fsp3) is 0.500. The summed E-state index contributed by atoms with van der Waals surface area (Å²) < 4.78 is 24.5. The summed E-state index contributed by atoms with van der Waals surface area (Å²) in [5.74, 6) is -0.397. The lowest BCUT2D eigenvalue weighted by atomic mass is 10.1. The molecule has 0 aromatic heterocycles. The second-order valence-electron chi connectivity index (χ2n) is 5.35. The van der Waals surface area contributed by atoms with Crippen molar-refractivity contribution in [2.24, 2.45) is 0 Å². The van der Waals surface area contributed by atoms with Crippen molar-refractivity contribution < 1.29 is 18.7 Å². The first-order chi connectivity index (χ1) is 9.15. The number of methoxy groups -OCH3 is 1. The van der Waals surface area contributed by atoms with Crippen LogP contribution in [0.25, 0.3) is 0 Å². The summed E-state index contributed by atoms with van der Waals surface area (Å²) >= 11 is 3.09. The third-order valence-electron chi connectivity index (χ3n) is 2.48. The molecule has 20 heavy (non-hydrogen) atoms. The molecule has 1 amide bonds. The Labute approximate surface area is 126 Å². The zero-order valence-electron chi connectivity index (χ0n) is 12.2. The zero-order chi connectivity index (χ0) is 15.5. The van der Waals surface area contributed by atoms with Crippen molar-refractivity contribution in [2.45, 2.75) is 39.3 Å². The smallest absolute Gasteiger partial charge is 0.408 e. The highest BCUT2D eigenvalue weighted by atomic mass is 79.9. The van der Waals surface area contributed by atoms with Crippen LogP contribution in [0.3, 0.4) is 0 Å². The minimum absolute atomic E-state index is 0.0999. The molecule has 4 nitrogen and oxygen atoms in total. The van der Waals surface area contributed by atoms with Gasteiger partial charge in [0.25, 0.3) is 0 Å². The number of hydrogen-bond acceptors (Lipinski definition) is 3. The van der Waals surface area contributed by atoms with E-state index in [2.05, 4.69) is 21.2 Å². The van der Waals surface area contributed by atoms with Crippen LogP contribution in [0, 0.1) is 5.82 Å². The van der Waals surface area contributed by atoms with Crippen LogP contribution in [0.4, 0.5) is 9.18 Å². The minimum atomic E-state index is -0.584. The number of rotatable bonds is 3. The topological polar surface area (TPSA) is 47.6 Å². The minimum Gasteiger partial charge on any atom is -0.493 e. The number of ether oxygens (including phenoxy) is 2. The Balaban J connectivity index is 2.90. The van der Waals surface area contributed by atoms with Gasteiger partial charge in [0.15, 0.2) is 11.6 Å². The van der Waals surface area contributed by atoms with Gasteiger partial charge in [-0.3, -0.25) is 0 Å². The number of benzene rings is 1. The van der Waals surface area contributed by atoms with E-state index >= 15 is 0 Å². The Hall–Kier alpha value is -1.30. The van der Waals surface area contributed by atoms with Gasteiger partial charge in [0, 0.05) is 5.56 Å². The van der Waals surface area contributed by atoms with E-state index in [9.17, 15) is 9.18 Å². The zero-order valence-corrected chi connectivity index (χ0v) is 13.8. The molecular weight excluding hydrogens is 329 g/mol. The molecule has 0 heterocycles. The molecule has 1 aromatic carbocycles. The molecule has 1 aromatic rings. The number of amides is 1. The number of halogens is 2. The van der Waals surface area contributed by atoms with Gasteiger partial charge < -0.3 is 14.8 Å². The first-order valence-corrected chi connectivity index (χ1v) is 6.96. The number of carbonyl (C=O) groups excluding carboxylic acids is 1. The van der Waals surface area contributed by atoms with E-state index in [0.29, 0.717) is 10.0 Å². The van der Waals surface area contributed by atoms with Crippen molar-refractivity contribution in [3.63, 3.8) is 0 Å². The van der Waals surface area contributed by atoms with Crippen molar-refractivity contribution in [2.75, 3.05) is 7.11 Å². The van der Waals surface area contributed by atoms with E-state index in [4.69, 9.17) is 9.47 Å². The lowest BCUT2D eigenvalue weighted by Crippen LogP contribution is -2.34. The predicted molar refractivity (Wildman–Crippen MR) is 78.4 cm³/mol. The Kier molecular flexibility index (Phi) is 5.39. The number of hydrogen-bond donors (Lipinski definition) is 1. The summed E-state index contributed by atoms with van der Waals surface area (Å²) in [4.78, 5) is 11.7. The van der Waals surface area contributed by atoms with Crippen molar-refractivity contribution in [1.29, 1.82) is 0 Å². The molecule has 0 spiro atoms. The van der Waals surface area contributed by atoms with Crippen LogP contribution >= 0.6 is 15.9 Å². The molecule has 1 rings (SSSR count). The van der Waals surface area contributed by atoms with E-state index < -0.39 is 23.6 Å². The van der Waals surface area contributed by atoms with Crippen molar-refractivity contribution in [3.05, 3.63) is 28.0 Å². The van der Waals surface area contributed by atoms with E-state index in [1.165, 1.54) is 7.11 Å². The number of carbonyl (C=O) groups is 1. The fourth-order valence-corrected chi connectivity index (χ4v) is 1.97. The van der Waals surface area contributed by atoms with Crippen LogP contribution < -0.4 is 10.1 Å². The summed E-state index contributed by atoms with van der Waals surface area (Å²) in [5.41, 5.74) is -0.0437. The van der Waals surface area contributed by atoms with Crippen LogP contribution in [0.2, 0.25) is 0 Å². The van der Waals surface area contributed by atoms with Gasteiger partial charge >= 0.3 is 6.09 Å². The molecule has 0 saturated heterocycles. The van der Waals surface area contributed by atoms with Crippen molar-refractivity contribution in [3.8, 4) is 5.75 Å². The van der Waals surface area contributed by atoms with Gasteiger partial charge in [-0.1, -0.05) is 6.07 Å². The highest BCUT2D eigenvalue weighted by Crippen LogP contribution is 2.32. The molecule has 0 aliphatic carbocycles. The van der Waals surface area contributed by atoms with Crippen molar-refractivity contribution >= 4 is 22.0 Å². The van der Waals surface area contributed by atoms with E-state index in [1.807, 2.05) is 0 Å². The third-order valence-corrected chi connectivity index (χ3v) is 3.10. The van der Waals surface area contributed by atoms with Gasteiger partial charge in [-0.25, -0.2) is 9.18 Å². The lowest BCUT2D eigenvalue weighted by molar-refractivity contribution is 0.0507. The highest BCUT2D eigenvalue weighted by Gasteiger charge is 2.22. The number of nitrogens with one attached hydrogen (secondary N) is 1. The molecule has 1 atom stereocenters. The molecule has 1 N–H and O–H groups in total. The van der Waals surface area contributed by atoms with Gasteiger partial charge in [-0.05, 0) is 49.7 Å². The molecule has 0 fully saturated rings. The Morgan fingerprint density at radius 3 is 2.50 bits per heavy atom. The van der Waals surface area contributed by atoms with E-state index in [-0.39, 0.29) is 5.75 Å². The van der Waals surface area contributed by atoms with Crippen LogP contribution in [-0.2, 0) is 4.74 Å². The van der Waals surface area contributed by atoms with Gasteiger partial charge in [-0.15, -0.1) is 0 Å². The molecular formula is C14H19BrFNO3. The predicted octanol–water partition coefficient (Wildman–Crippen LogP) is 4.18. The second kappa shape index (κ2) is 6.43.